The van der Waals surface area contributed by atoms with Crippen LogP contribution in [0.3, 0.4) is 0 Å². The first-order valence-electron chi connectivity index (χ1n) is 9.64. The number of amides is 2. The Morgan fingerprint density at radius 1 is 1.00 bits per heavy atom. The highest BCUT2D eigenvalue weighted by Crippen LogP contribution is 2.33. The molecule has 2 aromatic rings. The van der Waals surface area contributed by atoms with Crippen molar-refractivity contribution in [2.75, 3.05) is 33.2 Å². The second kappa shape index (κ2) is 8.03. The third-order valence-electron chi connectivity index (χ3n) is 5.38. The van der Waals surface area contributed by atoms with Crippen LogP contribution in [0.1, 0.15) is 11.3 Å². The highest BCUT2D eigenvalue weighted by Gasteiger charge is 2.42. The first kappa shape index (κ1) is 19.7. The van der Waals surface area contributed by atoms with Crippen LogP contribution in [-0.2, 0) is 16.1 Å². The summed E-state index contributed by atoms with van der Waals surface area (Å²) < 4.78 is 0. The molecule has 0 unspecified atom stereocenters. The first-order chi connectivity index (χ1) is 14.5. The molecule has 0 atom stereocenters. The Morgan fingerprint density at radius 2 is 1.70 bits per heavy atom. The van der Waals surface area contributed by atoms with Gasteiger partial charge in [0.05, 0.1) is 22.7 Å². The SMILES string of the molecule is CN1CCN(C2=C(c3ccc([N+](=O)[O-])cc3)C(=O)N(Cc3ccccn3)C2=O)CC1. The molecule has 2 aliphatic rings. The van der Waals surface area contributed by atoms with E-state index in [4.69, 9.17) is 0 Å². The summed E-state index contributed by atoms with van der Waals surface area (Å²) in [7, 11) is 2.01. The normalized spacial score (nSPS) is 17.8. The molecular weight excluding hydrogens is 386 g/mol. The molecule has 0 N–H and O–H groups in total. The number of non-ortho nitro benzene ring substituents is 1. The molecule has 0 saturated carbocycles. The van der Waals surface area contributed by atoms with Crippen LogP contribution >= 0.6 is 0 Å². The summed E-state index contributed by atoms with van der Waals surface area (Å²) in [5, 5.41) is 11.0. The maximum absolute atomic E-state index is 13.3. The highest BCUT2D eigenvalue weighted by molar-refractivity contribution is 6.35. The third-order valence-corrected chi connectivity index (χ3v) is 5.38. The van der Waals surface area contributed by atoms with Crippen LogP contribution in [-0.4, -0.2) is 69.6 Å². The van der Waals surface area contributed by atoms with E-state index in [0.29, 0.717) is 30.0 Å². The number of aromatic nitrogens is 1. The van der Waals surface area contributed by atoms with Gasteiger partial charge in [0.2, 0.25) is 0 Å². The van der Waals surface area contributed by atoms with Crippen molar-refractivity contribution in [3.05, 3.63) is 75.7 Å². The molecule has 3 heterocycles. The van der Waals surface area contributed by atoms with Gasteiger partial charge in [0, 0.05) is 44.5 Å². The van der Waals surface area contributed by atoms with Crippen LogP contribution in [0.5, 0.6) is 0 Å². The van der Waals surface area contributed by atoms with Crippen molar-refractivity contribution < 1.29 is 14.5 Å². The Morgan fingerprint density at radius 3 is 2.30 bits per heavy atom. The summed E-state index contributed by atoms with van der Waals surface area (Å²) in [5.41, 5.74) is 1.69. The van der Waals surface area contributed by atoms with Crippen LogP contribution in [0.15, 0.2) is 54.4 Å². The van der Waals surface area contributed by atoms with E-state index in [9.17, 15) is 19.7 Å². The maximum Gasteiger partial charge on any atom is 0.278 e. The summed E-state index contributed by atoms with van der Waals surface area (Å²) in [6.07, 6.45) is 1.62. The fraction of sp³-hybridized carbons (Fsp3) is 0.286. The number of benzene rings is 1. The number of hydrogen-bond acceptors (Lipinski definition) is 7. The minimum atomic E-state index is -0.492. The minimum absolute atomic E-state index is 0.0670. The average molecular weight is 407 g/mol. The summed E-state index contributed by atoms with van der Waals surface area (Å²) >= 11 is 0. The number of carbonyl (C=O) groups excluding carboxylic acids is 2. The Bertz CT molecular complexity index is 1010. The van der Waals surface area contributed by atoms with Crippen LogP contribution in [0.2, 0.25) is 0 Å². The molecular formula is C21H21N5O4. The van der Waals surface area contributed by atoms with Gasteiger partial charge in [0.1, 0.15) is 5.70 Å². The summed E-state index contributed by atoms with van der Waals surface area (Å²) in [6.45, 7) is 2.88. The Balaban J connectivity index is 1.73. The fourth-order valence-electron chi connectivity index (χ4n) is 3.69. The van der Waals surface area contributed by atoms with Gasteiger partial charge in [0.15, 0.2) is 0 Å². The molecule has 9 heteroatoms. The number of piperazine rings is 1. The molecule has 0 bridgehead atoms. The zero-order chi connectivity index (χ0) is 21.3. The Labute approximate surface area is 173 Å². The zero-order valence-electron chi connectivity index (χ0n) is 16.5. The monoisotopic (exact) mass is 407 g/mol. The molecule has 154 valence electrons. The third kappa shape index (κ3) is 3.67. The van der Waals surface area contributed by atoms with Crippen LogP contribution in [0, 0.1) is 10.1 Å². The number of likely N-dealkylation sites (N-methyl/N-ethyl adjacent to an activating group) is 1. The molecule has 1 aromatic heterocycles. The quantitative estimate of drug-likeness (QED) is 0.421. The molecule has 0 aliphatic carbocycles. The number of nitrogens with zero attached hydrogens (tertiary/aromatic N) is 5. The van der Waals surface area contributed by atoms with Crippen LogP contribution in [0.4, 0.5) is 5.69 Å². The van der Waals surface area contributed by atoms with E-state index < -0.39 is 10.8 Å². The maximum atomic E-state index is 13.3. The number of rotatable bonds is 5. The number of hydrogen-bond donors (Lipinski definition) is 0. The highest BCUT2D eigenvalue weighted by atomic mass is 16.6. The van der Waals surface area contributed by atoms with Gasteiger partial charge in [-0.3, -0.25) is 29.6 Å². The molecule has 2 amide bonds. The van der Waals surface area contributed by atoms with Crippen molar-refractivity contribution in [2.45, 2.75) is 6.54 Å². The first-order valence-corrected chi connectivity index (χ1v) is 9.64. The van der Waals surface area contributed by atoms with Gasteiger partial charge in [-0.25, -0.2) is 0 Å². The summed E-state index contributed by atoms with van der Waals surface area (Å²) in [5.74, 6) is -0.767. The van der Waals surface area contributed by atoms with Gasteiger partial charge in [-0.05, 0) is 36.9 Å². The molecule has 0 spiro atoms. The van der Waals surface area contributed by atoms with Gasteiger partial charge in [-0.1, -0.05) is 6.07 Å². The molecule has 2 aliphatic heterocycles. The molecule has 4 rings (SSSR count). The zero-order valence-corrected chi connectivity index (χ0v) is 16.5. The van der Waals surface area contributed by atoms with Gasteiger partial charge in [-0.15, -0.1) is 0 Å². The van der Waals surface area contributed by atoms with Crippen molar-refractivity contribution in [1.82, 2.24) is 19.7 Å². The second-order valence-corrected chi connectivity index (χ2v) is 7.34. The topological polar surface area (TPSA) is 99.9 Å². The lowest BCUT2D eigenvalue weighted by molar-refractivity contribution is -0.384. The number of pyridine rings is 1. The van der Waals surface area contributed by atoms with E-state index in [2.05, 4.69) is 9.88 Å². The van der Waals surface area contributed by atoms with Crippen molar-refractivity contribution in [3.63, 3.8) is 0 Å². The molecule has 0 radical (unpaired) electrons. The Hall–Kier alpha value is -3.59. The van der Waals surface area contributed by atoms with Gasteiger partial charge in [0.25, 0.3) is 17.5 Å². The van der Waals surface area contributed by atoms with E-state index in [0.717, 1.165) is 13.1 Å². The molecule has 1 saturated heterocycles. The lowest BCUT2D eigenvalue weighted by Gasteiger charge is -2.34. The molecule has 30 heavy (non-hydrogen) atoms. The van der Waals surface area contributed by atoms with E-state index in [1.807, 2.05) is 11.9 Å². The standard InChI is InChI=1S/C21H21N5O4/c1-23-10-12-24(13-11-23)19-18(15-5-7-17(8-6-15)26(29)30)20(27)25(21(19)28)14-16-4-2-3-9-22-16/h2-9H,10-14H2,1H3. The fourth-order valence-corrected chi connectivity index (χ4v) is 3.69. The number of carbonyl (C=O) groups is 2. The van der Waals surface area contributed by atoms with E-state index in [-0.39, 0.29) is 23.7 Å². The van der Waals surface area contributed by atoms with Gasteiger partial charge in [-0.2, -0.15) is 0 Å². The average Bonchev–Trinajstić information content (AvgIpc) is 3.00. The molecule has 1 fully saturated rings. The Kier molecular flexibility index (Phi) is 5.28. The van der Waals surface area contributed by atoms with Gasteiger partial charge < -0.3 is 9.80 Å². The second-order valence-electron chi connectivity index (χ2n) is 7.34. The van der Waals surface area contributed by atoms with Crippen LogP contribution in [0.25, 0.3) is 5.57 Å². The van der Waals surface area contributed by atoms with Crippen molar-refractivity contribution in [2.24, 2.45) is 0 Å². The van der Waals surface area contributed by atoms with E-state index >= 15 is 0 Å². The summed E-state index contributed by atoms with van der Waals surface area (Å²) in [4.78, 5) is 46.7. The van der Waals surface area contributed by atoms with Crippen LogP contribution < -0.4 is 0 Å². The predicted octanol–water partition coefficient (Wildman–Crippen LogP) is 1.52. The largest absolute Gasteiger partial charge is 0.364 e. The summed E-state index contributed by atoms with van der Waals surface area (Å²) in [6, 6.07) is 11.1. The van der Waals surface area contributed by atoms with Gasteiger partial charge >= 0.3 is 0 Å². The number of imide groups is 1. The smallest absolute Gasteiger partial charge is 0.278 e. The van der Waals surface area contributed by atoms with E-state index in [1.54, 1.807) is 24.4 Å². The number of nitro groups is 1. The lowest BCUT2D eigenvalue weighted by Crippen LogP contribution is -2.46. The minimum Gasteiger partial charge on any atom is -0.364 e. The van der Waals surface area contributed by atoms with Crippen molar-refractivity contribution in [3.8, 4) is 0 Å². The lowest BCUT2D eigenvalue weighted by atomic mass is 10.0. The van der Waals surface area contributed by atoms with Crippen molar-refractivity contribution >= 4 is 23.1 Å². The molecule has 9 nitrogen and oxygen atoms in total. The van der Waals surface area contributed by atoms with E-state index in [1.165, 1.54) is 29.2 Å². The van der Waals surface area contributed by atoms with Crippen molar-refractivity contribution in [1.29, 1.82) is 0 Å². The predicted molar refractivity (Wildman–Crippen MR) is 109 cm³/mol. The number of nitro benzene ring substituents is 1. The molecule has 1 aromatic carbocycles.